The molecule has 0 spiro atoms. The number of halogens is 1. The van der Waals surface area contributed by atoms with Crippen LogP contribution in [-0.4, -0.2) is 31.7 Å². The predicted octanol–water partition coefficient (Wildman–Crippen LogP) is 3.36. The minimum atomic E-state index is -0.170. The van der Waals surface area contributed by atoms with Gasteiger partial charge in [-0.15, -0.1) is 0 Å². The first kappa shape index (κ1) is 13.7. The Morgan fingerprint density at radius 2 is 2.26 bits per heavy atom. The molecule has 0 aliphatic carbocycles. The van der Waals surface area contributed by atoms with Gasteiger partial charge in [0.1, 0.15) is 11.3 Å². The van der Waals surface area contributed by atoms with Gasteiger partial charge in [0.25, 0.3) is 0 Å². The van der Waals surface area contributed by atoms with Crippen molar-refractivity contribution < 1.29 is 9.26 Å². The second kappa shape index (κ2) is 4.64. The van der Waals surface area contributed by atoms with Gasteiger partial charge in [0, 0.05) is 16.9 Å². The summed E-state index contributed by atoms with van der Waals surface area (Å²) in [4.78, 5) is 9.20. The van der Waals surface area contributed by atoms with Crippen molar-refractivity contribution >= 4 is 21.6 Å². The van der Waals surface area contributed by atoms with E-state index in [2.05, 4.69) is 38.0 Å². The van der Waals surface area contributed by atoms with Gasteiger partial charge in [-0.1, -0.05) is 21.1 Å². The van der Waals surface area contributed by atoms with Crippen LogP contribution in [0.4, 0.5) is 0 Å². The van der Waals surface area contributed by atoms with Crippen molar-refractivity contribution in [2.45, 2.75) is 43.8 Å². The summed E-state index contributed by atoms with van der Waals surface area (Å²) >= 11 is 3.46. The van der Waals surface area contributed by atoms with E-state index in [1.165, 1.54) is 0 Å². The highest BCUT2D eigenvalue weighted by atomic mass is 79.9. The molecule has 2 fully saturated rings. The quantitative estimate of drug-likeness (QED) is 0.687. The van der Waals surface area contributed by atoms with Crippen LogP contribution in [0.2, 0.25) is 0 Å². The van der Waals surface area contributed by atoms with E-state index in [1.807, 2.05) is 28.9 Å². The summed E-state index contributed by atoms with van der Waals surface area (Å²) in [6, 6.07) is 3.92. The Labute approximate surface area is 141 Å². The Kier molecular flexibility index (Phi) is 2.76. The summed E-state index contributed by atoms with van der Waals surface area (Å²) in [5, 5.41) is 4.15. The van der Waals surface area contributed by atoms with Crippen molar-refractivity contribution in [3.63, 3.8) is 0 Å². The Morgan fingerprint density at radius 3 is 3.04 bits per heavy atom. The lowest BCUT2D eigenvalue weighted by Gasteiger charge is -2.26. The van der Waals surface area contributed by atoms with Crippen molar-refractivity contribution in [1.82, 2.24) is 19.5 Å². The fourth-order valence-corrected chi connectivity index (χ4v) is 4.10. The van der Waals surface area contributed by atoms with Crippen molar-refractivity contribution in [1.29, 1.82) is 0 Å². The fourth-order valence-electron chi connectivity index (χ4n) is 3.78. The number of hydrogen-bond donors (Lipinski definition) is 0. The minimum Gasteiger partial charge on any atom is -0.374 e. The lowest BCUT2D eigenvalue weighted by atomic mass is 9.75. The van der Waals surface area contributed by atoms with Crippen LogP contribution < -0.4 is 0 Å². The molecule has 0 radical (unpaired) electrons. The Morgan fingerprint density at radius 1 is 1.35 bits per heavy atom. The topological polar surface area (TPSA) is 65.5 Å². The second-order valence-electron chi connectivity index (χ2n) is 6.61. The molecule has 0 aromatic carbocycles. The van der Waals surface area contributed by atoms with E-state index in [9.17, 15) is 0 Å². The molecule has 118 valence electrons. The van der Waals surface area contributed by atoms with E-state index in [0.717, 1.165) is 29.4 Å². The average Bonchev–Trinajstić information content (AvgIpc) is 3.28. The fraction of sp³-hybridized carbons (Fsp3) is 0.438. The third-order valence-electron chi connectivity index (χ3n) is 5.04. The first-order valence-electron chi connectivity index (χ1n) is 7.76. The van der Waals surface area contributed by atoms with Crippen LogP contribution in [0, 0.1) is 0 Å². The molecule has 7 heteroatoms. The van der Waals surface area contributed by atoms with E-state index in [0.29, 0.717) is 23.5 Å². The molecule has 5 rings (SSSR count). The maximum atomic E-state index is 5.97. The summed E-state index contributed by atoms with van der Waals surface area (Å²) in [6.07, 6.45) is 7.56. The SMILES string of the molecule is CC1(c2nc(-c3cn4ccc(Br)cc4n3)no2)CC2CCC1O2. The Balaban J connectivity index is 1.53. The van der Waals surface area contributed by atoms with Crippen LogP contribution in [0.1, 0.15) is 32.1 Å². The number of nitrogens with zero attached hydrogens (tertiary/aromatic N) is 4. The molecule has 6 nitrogen and oxygen atoms in total. The number of hydrogen-bond acceptors (Lipinski definition) is 5. The average molecular weight is 375 g/mol. The maximum absolute atomic E-state index is 5.97. The molecule has 0 N–H and O–H groups in total. The second-order valence-corrected chi connectivity index (χ2v) is 7.52. The molecule has 3 atom stereocenters. The van der Waals surface area contributed by atoms with E-state index in [-0.39, 0.29) is 11.5 Å². The van der Waals surface area contributed by atoms with Crippen LogP contribution in [0.5, 0.6) is 0 Å². The van der Waals surface area contributed by atoms with Gasteiger partial charge in [-0.05, 0) is 38.3 Å². The van der Waals surface area contributed by atoms with E-state index < -0.39 is 0 Å². The molecule has 0 saturated carbocycles. The summed E-state index contributed by atoms with van der Waals surface area (Å²) < 4.78 is 14.5. The van der Waals surface area contributed by atoms with Crippen molar-refractivity contribution in [2.24, 2.45) is 0 Å². The van der Waals surface area contributed by atoms with E-state index in [4.69, 9.17) is 9.26 Å². The van der Waals surface area contributed by atoms with E-state index in [1.54, 1.807) is 0 Å². The number of rotatable bonds is 2. The highest BCUT2D eigenvalue weighted by molar-refractivity contribution is 9.10. The van der Waals surface area contributed by atoms with Gasteiger partial charge in [-0.3, -0.25) is 0 Å². The zero-order valence-corrected chi connectivity index (χ0v) is 14.2. The smallest absolute Gasteiger partial charge is 0.235 e. The van der Waals surface area contributed by atoms with Crippen LogP contribution in [0.3, 0.4) is 0 Å². The third-order valence-corrected chi connectivity index (χ3v) is 5.53. The molecular weight excluding hydrogens is 360 g/mol. The normalized spacial score (nSPS) is 29.7. The summed E-state index contributed by atoms with van der Waals surface area (Å²) in [6.45, 7) is 2.16. The summed E-state index contributed by atoms with van der Waals surface area (Å²) in [5.41, 5.74) is 1.39. The summed E-state index contributed by atoms with van der Waals surface area (Å²) in [5.74, 6) is 1.20. The van der Waals surface area contributed by atoms with Crippen molar-refractivity contribution in [2.75, 3.05) is 0 Å². The predicted molar refractivity (Wildman–Crippen MR) is 86.0 cm³/mol. The van der Waals surface area contributed by atoms with Gasteiger partial charge in [-0.25, -0.2) is 4.98 Å². The number of pyridine rings is 1. The van der Waals surface area contributed by atoms with Gasteiger partial charge >= 0.3 is 0 Å². The third kappa shape index (κ3) is 1.99. The molecule has 2 bridgehead atoms. The van der Waals surface area contributed by atoms with Gasteiger partial charge in [0.15, 0.2) is 0 Å². The lowest BCUT2D eigenvalue weighted by molar-refractivity contribution is 0.0803. The standard InChI is InChI=1S/C16H15BrN4O2/c1-16(7-10-2-3-12(16)22-10)15-19-14(20-23-15)11-8-21-5-4-9(17)6-13(21)18-11/h4-6,8,10,12H,2-3,7H2,1H3. The van der Waals surface area contributed by atoms with Gasteiger partial charge in [-0.2, -0.15) is 4.98 Å². The molecular formula is C16H15BrN4O2. The first-order chi connectivity index (χ1) is 11.1. The van der Waals surface area contributed by atoms with Crippen molar-refractivity contribution in [3.8, 4) is 11.5 Å². The first-order valence-corrected chi connectivity index (χ1v) is 8.55. The maximum Gasteiger partial charge on any atom is 0.235 e. The number of imidazole rings is 1. The molecule has 2 aliphatic heterocycles. The molecule has 3 aromatic rings. The highest BCUT2D eigenvalue weighted by Crippen LogP contribution is 2.48. The van der Waals surface area contributed by atoms with Crippen LogP contribution in [0.25, 0.3) is 17.2 Å². The molecule has 2 aliphatic rings. The molecule has 5 heterocycles. The number of aromatic nitrogens is 4. The van der Waals surface area contributed by atoms with Gasteiger partial charge in [0.05, 0.1) is 17.6 Å². The summed E-state index contributed by atoms with van der Waals surface area (Å²) in [7, 11) is 0. The lowest BCUT2D eigenvalue weighted by Crippen LogP contribution is -2.34. The zero-order chi connectivity index (χ0) is 15.6. The van der Waals surface area contributed by atoms with Crippen LogP contribution in [0.15, 0.2) is 33.5 Å². The highest BCUT2D eigenvalue weighted by Gasteiger charge is 2.53. The monoisotopic (exact) mass is 374 g/mol. The number of ether oxygens (including phenoxy) is 1. The van der Waals surface area contributed by atoms with Crippen LogP contribution in [-0.2, 0) is 10.2 Å². The minimum absolute atomic E-state index is 0.170. The molecule has 3 unspecified atom stereocenters. The molecule has 23 heavy (non-hydrogen) atoms. The van der Waals surface area contributed by atoms with Gasteiger partial charge in [0.2, 0.25) is 11.7 Å². The molecule has 0 amide bonds. The van der Waals surface area contributed by atoms with Crippen molar-refractivity contribution in [3.05, 3.63) is 34.9 Å². The Bertz CT molecular complexity index is 905. The van der Waals surface area contributed by atoms with Crippen LogP contribution >= 0.6 is 15.9 Å². The van der Waals surface area contributed by atoms with Gasteiger partial charge < -0.3 is 13.7 Å². The largest absolute Gasteiger partial charge is 0.374 e. The molecule has 3 aromatic heterocycles. The van der Waals surface area contributed by atoms with E-state index >= 15 is 0 Å². The zero-order valence-electron chi connectivity index (χ0n) is 12.6. The Hall–Kier alpha value is -1.73. The molecule has 2 saturated heterocycles. The number of fused-ring (bicyclic) bond motifs is 3.